The summed E-state index contributed by atoms with van der Waals surface area (Å²) in [6.07, 6.45) is 1.08. The molecule has 1 fully saturated rings. The zero-order chi connectivity index (χ0) is 22.3. The number of thiophene rings is 1. The van der Waals surface area contributed by atoms with Crippen molar-refractivity contribution in [2.45, 2.75) is 19.4 Å². The number of hydrogen-bond acceptors (Lipinski definition) is 6. The van der Waals surface area contributed by atoms with Gasteiger partial charge in [-0.2, -0.15) is 0 Å². The van der Waals surface area contributed by atoms with Crippen molar-refractivity contribution >= 4 is 29.1 Å². The lowest BCUT2D eigenvalue weighted by molar-refractivity contribution is -0.127. The van der Waals surface area contributed by atoms with Gasteiger partial charge in [0.1, 0.15) is 18.1 Å². The van der Waals surface area contributed by atoms with Crippen LogP contribution in [0.15, 0.2) is 64.4 Å². The third-order valence-corrected chi connectivity index (χ3v) is 6.05. The number of likely N-dealkylation sites (tertiary alicyclic amines) is 1. The first kappa shape index (κ1) is 21.6. The summed E-state index contributed by atoms with van der Waals surface area (Å²) in [5.41, 5.74) is 4.85. The molecule has 1 aromatic carbocycles. The van der Waals surface area contributed by atoms with Crippen molar-refractivity contribution in [1.82, 2.24) is 15.8 Å². The van der Waals surface area contributed by atoms with E-state index in [1.165, 1.54) is 17.4 Å². The molecule has 0 unspecified atom stereocenters. The number of hydrazine groups is 1. The largest absolute Gasteiger partial charge is 0.486 e. The van der Waals surface area contributed by atoms with E-state index in [0.717, 1.165) is 0 Å². The Morgan fingerprint density at radius 3 is 2.50 bits per heavy atom. The molecule has 166 valence electrons. The Bertz CT molecular complexity index is 1060. The molecule has 0 radical (unpaired) electrons. The van der Waals surface area contributed by atoms with Crippen molar-refractivity contribution in [1.29, 1.82) is 0 Å². The summed E-state index contributed by atoms with van der Waals surface area (Å²) in [7, 11) is 0. The number of benzene rings is 1. The average molecular weight is 454 g/mol. The summed E-state index contributed by atoms with van der Waals surface area (Å²) in [5.74, 6) is 0.174. The van der Waals surface area contributed by atoms with Gasteiger partial charge in [-0.15, -0.1) is 11.3 Å². The molecule has 3 amide bonds. The number of piperidine rings is 1. The summed E-state index contributed by atoms with van der Waals surface area (Å²) >= 11 is 1.41. The predicted molar refractivity (Wildman–Crippen MR) is 118 cm³/mol. The Morgan fingerprint density at radius 1 is 1.00 bits per heavy atom. The van der Waals surface area contributed by atoms with E-state index in [0.29, 0.717) is 42.3 Å². The zero-order valence-corrected chi connectivity index (χ0v) is 18.1. The first-order valence-electron chi connectivity index (χ1n) is 10.3. The van der Waals surface area contributed by atoms with E-state index < -0.39 is 5.91 Å². The van der Waals surface area contributed by atoms with Crippen LogP contribution in [-0.4, -0.2) is 35.7 Å². The lowest BCUT2D eigenvalue weighted by Gasteiger charge is -2.31. The highest BCUT2D eigenvalue weighted by atomic mass is 32.1. The van der Waals surface area contributed by atoms with E-state index in [1.807, 2.05) is 41.8 Å². The average Bonchev–Trinajstić information content (AvgIpc) is 3.54. The molecule has 2 aromatic heterocycles. The lowest BCUT2D eigenvalue weighted by Crippen LogP contribution is -2.48. The number of furan rings is 1. The number of ether oxygens (including phenoxy) is 1. The summed E-state index contributed by atoms with van der Waals surface area (Å²) in [5, 5.41) is 1.87. The van der Waals surface area contributed by atoms with Gasteiger partial charge in [0.15, 0.2) is 5.76 Å². The van der Waals surface area contributed by atoms with Crippen LogP contribution >= 0.6 is 11.3 Å². The van der Waals surface area contributed by atoms with E-state index in [-0.39, 0.29) is 30.1 Å². The van der Waals surface area contributed by atoms with Crippen molar-refractivity contribution in [2.24, 2.45) is 5.92 Å². The third kappa shape index (κ3) is 5.36. The maximum atomic E-state index is 12.4. The van der Waals surface area contributed by atoms with Gasteiger partial charge in [0.05, 0.1) is 4.88 Å². The van der Waals surface area contributed by atoms with Crippen LogP contribution in [0.25, 0.3) is 0 Å². The Kier molecular flexibility index (Phi) is 6.86. The van der Waals surface area contributed by atoms with Crippen LogP contribution in [0.3, 0.4) is 0 Å². The molecule has 0 saturated carbocycles. The van der Waals surface area contributed by atoms with Gasteiger partial charge in [-0.25, -0.2) is 0 Å². The SMILES string of the molecule is O=C(NNC(=O)C1CCN(C(=O)c2cccs2)CC1)c1ccc(COc2ccccc2)o1. The molecule has 1 saturated heterocycles. The number of amides is 3. The minimum Gasteiger partial charge on any atom is -0.486 e. The van der Waals surface area contributed by atoms with Gasteiger partial charge >= 0.3 is 5.91 Å². The number of rotatable bonds is 6. The van der Waals surface area contributed by atoms with E-state index >= 15 is 0 Å². The molecule has 1 aliphatic rings. The second-order valence-electron chi connectivity index (χ2n) is 7.35. The molecule has 0 bridgehead atoms. The highest BCUT2D eigenvalue weighted by molar-refractivity contribution is 7.12. The maximum Gasteiger partial charge on any atom is 0.305 e. The molecule has 0 atom stereocenters. The Labute approximate surface area is 189 Å². The first-order valence-corrected chi connectivity index (χ1v) is 11.2. The quantitative estimate of drug-likeness (QED) is 0.558. The molecule has 0 aliphatic carbocycles. The van der Waals surface area contributed by atoms with E-state index in [9.17, 15) is 14.4 Å². The monoisotopic (exact) mass is 453 g/mol. The van der Waals surface area contributed by atoms with Gasteiger partial charge in [0.2, 0.25) is 5.91 Å². The van der Waals surface area contributed by atoms with Crippen LogP contribution < -0.4 is 15.6 Å². The molecular weight excluding hydrogens is 430 g/mol. The van der Waals surface area contributed by atoms with Crippen LogP contribution in [0, 0.1) is 5.92 Å². The molecular formula is C23H23N3O5S. The van der Waals surface area contributed by atoms with Gasteiger partial charge < -0.3 is 14.1 Å². The Morgan fingerprint density at radius 2 is 1.78 bits per heavy atom. The Hall–Kier alpha value is -3.59. The topological polar surface area (TPSA) is 101 Å². The third-order valence-electron chi connectivity index (χ3n) is 5.19. The molecule has 0 spiro atoms. The number of hydrogen-bond donors (Lipinski definition) is 2. The fourth-order valence-corrected chi connectivity index (χ4v) is 4.12. The van der Waals surface area contributed by atoms with Crippen molar-refractivity contribution in [3.8, 4) is 5.75 Å². The second kappa shape index (κ2) is 10.1. The normalized spacial score (nSPS) is 14.1. The molecule has 9 heteroatoms. The number of carbonyl (C=O) groups excluding carboxylic acids is 3. The molecule has 8 nitrogen and oxygen atoms in total. The second-order valence-corrected chi connectivity index (χ2v) is 8.30. The summed E-state index contributed by atoms with van der Waals surface area (Å²) < 4.78 is 11.1. The van der Waals surface area contributed by atoms with Crippen molar-refractivity contribution < 1.29 is 23.5 Å². The van der Waals surface area contributed by atoms with Crippen LogP contribution in [0.4, 0.5) is 0 Å². The standard InChI is InChI=1S/C23H23N3O5S/c27-21(16-10-12-26(13-11-16)23(29)20-7-4-14-32-20)24-25-22(28)19-9-8-18(31-19)15-30-17-5-2-1-3-6-17/h1-9,14,16H,10-13,15H2,(H,24,27)(H,25,28). The molecule has 32 heavy (non-hydrogen) atoms. The van der Waals surface area contributed by atoms with Crippen LogP contribution in [0.2, 0.25) is 0 Å². The van der Waals surface area contributed by atoms with Crippen LogP contribution in [0.1, 0.15) is 38.8 Å². The molecule has 2 N–H and O–H groups in total. The highest BCUT2D eigenvalue weighted by Crippen LogP contribution is 2.21. The minimum atomic E-state index is -0.547. The summed E-state index contributed by atoms with van der Waals surface area (Å²) in [6, 6.07) is 16.1. The van der Waals surface area contributed by atoms with Crippen molar-refractivity contribution in [3.05, 3.63) is 76.4 Å². The predicted octanol–water partition coefficient (Wildman–Crippen LogP) is 3.23. The minimum absolute atomic E-state index is 0.00275. The highest BCUT2D eigenvalue weighted by Gasteiger charge is 2.28. The van der Waals surface area contributed by atoms with Gasteiger partial charge in [-0.05, 0) is 48.6 Å². The van der Waals surface area contributed by atoms with Gasteiger partial charge in [-0.1, -0.05) is 24.3 Å². The van der Waals surface area contributed by atoms with Gasteiger partial charge in [0.25, 0.3) is 5.91 Å². The molecule has 3 aromatic rings. The van der Waals surface area contributed by atoms with Crippen LogP contribution in [-0.2, 0) is 11.4 Å². The molecule has 4 rings (SSSR count). The molecule has 3 heterocycles. The maximum absolute atomic E-state index is 12.4. The van der Waals surface area contributed by atoms with Crippen molar-refractivity contribution in [2.75, 3.05) is 13.1 Å². The lowest BCUT2D eigenvalue weighted by atomic mass is 9.96. The summed E-state index contributed by atoms with van der Waals surface area (Å²) in [4.78, 5) is 39.6. The Balaban J connectivity index is 1.20. The number of carbonyl (C=O) groups is 3. The first-order chi connectivity index (χ1) is 15.6. The van der Waals surface area contributed by atoms with E-state index in [2.05, 4.69) is 10.9 Å². The number of nitrogens with zero attached hydrogens (tertiary/aromatic N) is 1. The van der Waals surface area contributed by atoms with E-state index in [1.54, 1.807) is 17.0 Å². The van der Waals surface area contributed by atoms with Crippen molar-refractivity contribution in [3.63, 3.8) is 0 Å². The van der Waals surface area contributed by atoms with E-state index in [4.69, 9.17) is 9.15 Å². The van der Waals surface area contributed by atoms with Gasteiger partial charge in [-0.3, -0.25) is 25.2 Å². The number of para-hydroxylation sites is 1. The zero-order valence-electron chi connectivity index (χ0n) is 17.3. The smallest absolute Gasteiger partial charge is 0.305 e. The summed E-state index contributed by atoms with van der Waals surface area (Å²) in [6.45, 7) is 1.20. The fraction of sp³-hybridized carbons (Fsp3) is 0.261. The molecule has 1 aliphatic heterocycles. The van der Waals surface area contributed by atoms with Crippen LogP contribution in [0.5, 0.6) is 5.75 Å². The fourth-order valence-electron chi connectivity index (χ4n) is 3.43. The van der Waals surface area contributed by atoms with Gasteiger partial charge in [0, 0.05) is 19.0 Å². The number of nitrogens with one attached hydrogen (secondary N) is 2.